The van der Waals surface area contributed by atoms with Crippen LogP contribution in [0.4, 0.5) is 0 Å². The van der Waals surface area contributed by atoms with Crippen LogP contribution >= 0.6 is 0 Å². The first-order valence-electron chi connectivity index (χ1n) is 4.93. The Hall–Kier alpha value is -0.980. The molecule has 0 aromatic heterocycles. The third-order valence-electron chi connectivity index (χ3n) is 2.09. The molecule has 0 atom stereocenters. The fourth-order valence-corrected chi connectivity index (χ4v) is 1.54. The average molecular weight is 178 g/mol. The van der Waals surface area contributed by atoms with Crippen LogP contribution in [0.3, 0.4) is 0 Å². The summed E-state index contributed by atoms with van der Waals surface area (Å²) in [4.78, 5) is 0. The van der Waals surface area contributed by atoms with Crippen molar-refractivity contribution >= 4 is 0 Å². The lowest BCUT2D eigenvalue weighted by molar-refractivity contribution is 0.473. The summed E-state index contributed by atoms with van der Waals surface area (Å²) < 4.78 is 0. The highest BCUT2D eigenvalue weighted by Gasteiger charge is 2.01. The molecule has 0 bridgehead atoms. The Kier molecular flexibility index (Phi) is 3.35. The van der Waals surface area contributed by atoms with E-state index in [9.17, 15) is 5.11 Å². The second-order valence-electron chi connectivity index (χ2n) is 3.96. The van der Waals surface area contributed by atoms with Gasteiger partial charge in [-0.3, -0.25) is 0 Å². The highest BCUT2D eigenvalue weighted by molar-refractivity contribution is 5.33. The monoisotopic (exact) mass is 178 g/mol. The van der Waals surface area contributed by atoms with E-state index in [1.165, 1.54) is 11.1 Å². The smallest absolute Gasteiger partial charge is 0.116 e. The standard InChI is InChI=1S/C12H18O/c1-4-10-6-11(5-9(2)3)8-12(13)7-10/h6-9,13H,4-5H2,1-3H3. The van der Waals surface area contributed by atoms with Crippen LogP contribution in [0, 0.1) is 5.92 Å². The molecule has 0 heterocycles. The summed E-state index contributed by atoms with van der Waals surface area (Å²) >= 11 is 0. The summed E-state index contributed by atoms with van der Waals surface area (Å²) in [6.07, 6.45) is 2.03. The van der Waals surface area contributed by atoms with Gasteiger partial charge in [0.2, 0.25) is 0 Å². The number of benzene rings is 1. The fourth-order valence-electron chi connectivity index (χ4n) is 1.54. The van der Waals surface area contributed by atoms with Crippen molar-refractivity contribution in [1.82, 2.24) is 0 Å². The van der Waals surface area contributed by atoms with Gasteiger partial charge in [-0.1, -0.05) is 26.8 Å². The molecule has 0 amide bonds. The fraction of sp³-hybridized carbons (Fsp3) is 0.500. The van der Waals surface area contributed by atoms with Crippen LogP contribution < -0.4 is 0 Å². The minimum atomic E-state index is 0.398. The predicted octanol–water partition coefficient (Wildman–Crippen LogP) is 3.15. The van der Waals surface area contributed by atoms with Crippen molar-refractivity contribution in [3.8, 4) is 5.75 Å². The molecule has 72 valence electrons. The van der Waals surface area contributed by atoms with Gasteiger partial charge >= 0.3 is 0 Å². The van der Waals surface area contributed by atoms with Gasteiger partial charge in [-0.05, 0) is 42.0 Å². The van der Waals surface area contributed by atoms with E-state index < -0.39 is 0 Å². The molecule has 1 nitrogen and oxygen atoms in total. The molecule has 0 aliphatic carbocycles. The molecular weight excluding hydrogens is 160 g/mol. The zero-order chi connectivity index (χ0) is 9.84. The summed E-state index contributed by atoms with van der Waals surface area (Å²) in [5.41, 5.74) is 2.46. The second-order valence-corrected chi connectivity index (χ2v) is 3.96. The minimum absolute atomic E-state index is 0.398. The maximum absolute atomic E-state index is 9.44. The van der Waals surface area contributed by atoms with Gasteiger partial charge in [0.05, 0.1) is 0 Å². The average Bonchev–Trinajstić information content (AvgIpc) is 2.01. The lowest BCUT2D eigenvalue weighted by atomic mass is 10.00. The molecule has 0 saturated carbocycles. The van der Waals surface area contributed by atoms with Gasteiger partial charge in [0.25, 0.3) is 0 Å². The van der Waals surface area contributed by atoms with Crippen LogP contribution in [0.2, 0.25) is 0 Å². The van der Waals surface area contributed by atoms with Gasteiger partial charge in [0, 0.05) is 0 Å². The summed E-state index contributed by atoms with van der Waals surface area (Å²) in [7, 11) is 0. The molecule has 1 aromatic carbocycles. The zero-order valence-corrected chi connectivity index (χ0v) is 8.67. The van der Waals surface area contributed by atoms with Gasteiger partial charge in [0.15, 0.2) is 0 Å². The number of rotatable bonds is 3. The Labute approximate surface area is 80.4 Å². The highest BCUT2D eigenvalue weighted by atomic mass is 16.3. The Morgan fingerprint density at radius 2 is 1.77 bits per heavy atom. The highest BCUT2D eigenvalue weighted by Crippen LogP contribution is 2.18. The van der Waals surface area contributed by atoms with E-state index in [1.54, 1.807) is 0 Å². The molecule has 1 aromatic rings. The SMILES string of the molecule is CCc1cc(O)cc(CC(C)C)c1. The van der Waals surface area contributed by atoms with E-state index in [0.717, 1.165) is 12.8 Å². The molecular formula is C12H18O. The summed E-state index contributed by atoms with van der Waals surface area (Å²) in [6, 6.07) is 5.88. The van der Waals surface area contributed by atoms with Gasteiger partial charge in [-0.2, -0.15) is 0 Å². The molecule has 1 rings (SSSR count). The molecule has 0 saturated heterocycles. The third kappa shape index (κ3) is 3.10. The summed E-state index contributed by atoms with van der Waals surface area (Å²) in [5, 5.41) is 9.44. The Bertz CT molecular complexity index is 276. The van der Waals surface area contributed by atoms with Gasteiger partial charge in [-0.15, -0.1) is 0 Å². The number of aryl methyl sites for hydroxylation is 1. The van der Waals surface area contributed by atoms with Crippen molar-refractivity contribution < 1.29 is 5.11 Å². The van der Waals surface area contributed by atoms with Crippen LogP contribution in [-0.2, 0) is 12.8 Å². The number of phenolic OH excluding ortho intramolecular Hbond substituents is 1. The number of phenols is 1. The van der Waals surface area contributed by atoms with Gasteiger partial charge in [-0.25, -0.2) is 0 Å². The molecule has 0 fully saturated rings. The maximum Gasteiger partial charge on any atom is 0.116 e. The van der Waals surface area contributed by atoms with Crippen LogP contribution in [0.15, 0.2) is 18.2 Å². The largest absolute Gasteiger partial charge is 0.508 e. The third-order valence-corrected chi connectivity index (χ3v) is 2.09. The van der Waals surface area contributed by atoms with Crippen molar-refractivity contribution in [2.45, 2.75) is 33.6 Å². The van der Waals surface area contributed by atoms with E-state index in [1.807, 2.05) is 12.1 Å². The normalized spacial score (nSPS) is 10.8. The lowest BCUT2D eigenvalue weighted by Crippen LogP contribution is -1.94. The second kappa shape index (κ2) is 4.31. The van der Waals surface area contributed by atoms with Crippen LogP contribution in [0.5, 0.6) is 5.75 Å². The molecule has 0 unspecified atom stereocenters. The predicted molar refractivity (Wildman–Crippen MR) is 56.0 cm³/mol. The first kappa shape index (κ1) is 10.1. The minimum Gasteiger partial charge on any atom is -0.508 e. The molecule has 0 radical (unpaired) electrons. The van der Waals surface area contributed by atoms with Crippen LogP contribution in [0.1, 0.15) is 31.9 Å². The van der Waals surface area contributed by atoms with Crippen molar-refractivity contribution in [3.05, 3.63) is 29.3 Å². The van der Waals surface area contributed by atoms with E-state index >= 15 is 0 Å². The zero-order valence-electron chi connectivity index (χ0n) is 8.67. The lowest BCUT2D eigenvalue weighted by Gasteiger charge is -2.07. The number of hydrogen-bond acceptors (Lipinski definition) is 1. The van der Waals surface area contributed by atoms with E-state index in [4.69, 9.17) is 0 Å². The Morgan fingerprint density at radius 3 is 2.31 bits per heavy atom. The Balaban J connectivity index is 2.88. The summed E-state index contributed by atoms with van der Waals surface area (Å²) in [6.45, 7) is 6.49. The van der Waals surface area contributed by atoms with Crippen LogP contribution in [0.25, 0.3) is 0 Å². The molecule has 0 aliphatic rings. The topological polar surface area (TPSA) is 20.2 Å². The molecule has 1 heteroatoms. The van der Waals surface area contributed by atoms with E-state index in [-0.39, 0.29) is 0 Å². The van der Waals surface area contributed by atoms with Crippen molar-refractivity contribution in [2.75, 3.05) is 0 Å². The molecule has 0 aliphatic heterocycles. The summed E-state index contributed by atoms with van der Waals surface area (Å²) in [5.74, 6) is 1.04. The maximum atomic E-state index is 9.44. The first-order valence-corrected chi connectivity index (χ1v) is 4.93. The van der Waals surface area contributed by atoms with Crippen molar-refractivity contribution in [2.24, 2.45) is 5.92 Å². The van der Waals surface area contributed by atoms with E-state index in [2.05, 4.69) is 26.8 Å². The quantitative estimate of drug-likeness (QED) is 0.753. The number of hydrogen-bond donors (Lipinski definition) is 1. The molecule has 0 spiro atoms. The van der Waals surface area contributed by atoms with Gasteiger partial charge in [0.1, 0.15) is 5.75 Å². The van der Waals surface area contributed by atoms with Crippen molar-refractivity contribution in [1.29, 1.82) is 0 Å². The first-order chi connectivity index (χ1) is 6.11. The van der Waals surface area contributed by atoms with Crippen molar-refractivity contribution in [3.63, 3.8) is 0 Å². The van der Waals surface area contributed by atoms with E-state index in [0.29, 0.717) is 11.7 Å². The molecule has 13 heavy (non-hydrogen) atoms. The van der Waals surface area contributed by atoms with Crippen LogP contribution in [-0.4, -0.2) is 5.11 Å². The van der Waals surface area contributed by atoms with Gasteiger partial charge < -0.3 is 5.11 Å². The number of aromatic hydroxyl groups is 1. The Morgan fingerprint density at radius 1 is 1.15 bits per heavy atom. The molecule has 1 N–H and O–H groups in total.